The van der Waals surface area contributed by atoms with Gasteiger partial charge in [0, 0.05) is 0 Å². The fraction of sp³-hybridized carbons (Fsp3) is 0.417. The van der Waals surface area contributed by atoms with Crippen molar-refractivity contribution in [1.29, 1.82) is 0 Å². The number of rotatable bonds is 5. The Kier molecular flexibility index (Phi) is 4.99. The zero-order valence-electron chi connectivity index (χ0n) is 10.5. The van der Waals surface area contributed by atoms with E-state index in [1.165, 1.54) is 6.92 Å². The van der Waals surface area contributed by atoms with Crippen LogP contribution in [-0.2, 0) is 19.4 Å². The van der Waals surface area contributed by atoms with E-state index in [4.69, 9.17) is 0 Å². The Balaban J connectivity index is 3.20. The summed E-state index contributed by atoms with van der Waals surface area (Å²) in [6.07, 6.45) is -0.0137. The highest BCUT2D eigenvalue weighted by Gasteiger charge is 2.34. The molecule has 7 heteroatoms. The van der Waals surface area contributed by atoms with E-state index in [2.05, 4.69) is 4.74 Å². The maximum atomic E-state index is 13.1. The zero-order chi connectivity index (χ0) is 14.6. The van der Waals surface area contributed by atoms with Crippen molar-refractivity contribution in [3.05, 3.63) is 29.8 Å². The second-order valence-corrected chi connectivity index (χ2v) is 5.90. The standard InChI is InChI=1S/C12H14F2O4S/c1-3-11(12(15)18-4-2)19(16,17)8-5-6-9(13)10(14)7-8/h5-7,11H,3-4H2,1-2H3. The summed E-state index contributed by atoms with van der Waals surface area (Å²) >= 11 is 0. The van der Waals surface area contributed by atoms with Crippen LogP contribution in [0.15, 0.2) is 23.1 Å². The van der Waals surface area contributed by atoms with E-state index in [0.717, 1.165) is 6.07 Å². The lowest BCUT2D eigenvalue weighted by atomic mass is 10.3. The summed E-state index contributed by atoms with van der Waals surface area (Å²) in [6, 6.07) is 2.20. The van der Waals surface area contributed by atoms with E-state index in [9.17, 15) is 22.0 Å². The molecule has 0 radical (unpaired) electrons. The number of carbonyl (C=O) groups is 1. The van der Waals surface area contributed by atoms with E-state index >= 15 is 0 Å². The molecule has 0 aliphatic carbocycles. The van der Waals surface area contributed by atoms with Crippen molar-refractivity contribution in [3.63, 3.8) is 0 Å². The Labute approximate surface area is 110 Å². The molecule has 1 rings (SSSR count). The van der Waals surface area contributed by atoms with Gasteiger partial charge >= 0.3 is 5.97 Å². The van der Waals surface area contributed by atoms with Crippen LogP contribution in [0.3, 0.4) is 0 Å². The molecule has 0 heterocycles. The van der Waals surface area contributed by atoms with Gasteiger partial charge in [-0.1, -0.05) is 6.92 Å². The minimum Gasteiger partial charge on any atom is -0.465 e. The quantitative estimate of drug-likeness (QED) is 0.616. The number of ether oxygens (including phenoxy) is 1. The molecule has 0 bridgehead atoms. The van der Waals surface area contributed by atoms with Gasteiger partial charge in [0.05, 0.1) is 11.5 Å². The highest BCUT2D eigenvalue weighted by atomic mass is 32.2. The molecule has 106 valence electrons. The maximum Gasteiger partial charge on any atom is 0.324 e. The van der Waals surface area contributed by atoms with Crippen molar-refractivity contribution in [2.24, 2.45) is 0 Å². The Morgan fingerprint density at radius 3 is 2.37 bits per heavy atom. The molecule has 1 atom stereocenters. The molecule has 0 N–H and O–H groups in total. The van der Waals surface area contributed by atoms with Crippen LogP contribution < -0.4 is 0 Å². The second kappa shape index (κ2) is 6.10. The number of sulfone groups is 1. The molecular weight excluding hydrogens is 278 g/mol. The molecule has 0 fully saturated rings. The van der Waals surface area contributed by atoms with Crippen molar-refractivity contribution < 1.29 is 26.7 Å². The molecule has 1 aromatic rings. The number of halogens is 2. The topological polar surface area (TPSA) is 60.4 Å². The number of benzene rings is 1. The van der Waals surface area contributed by atoms with Gasteiger partial charge < -0.3 is 4.74 Å². The van der Waals surface area contributed by atoms with Gasteiger partial charge in [0.1, 0.15) is 0 Å². The van der Waals surface area contributed by atoms with Gasteiger partial charge in [-0.05, 0) is 31.5 Å². The van der Waals surface area contributed by atoms with Crippen LogP contribution in [0.1, 0.15) is 20.3 Å². The van der Waals surface area contributed by atoms with Crippen LogP contribution in [0.25, 0.3) is 0 Å². The first-order chi connectivity index (χ1) is 8.84. The second-order valence-electron chi connectivity index (χ2n) is 3.77. The Morgan fingerprint density at radius 2 is 1.89 bits per heavy atom. The number of hydrogen-bond donors (Lipinski definition) is 0. The fourth-order valence-electron chi connectivity index (χ4n) is 1.57. The molecule has 0 spiro atoms. The summed E-state index contributed by atoms with van der Waals surface area (Å²) < 4.78 is 54.8. The normalized spacial score (nSPS) is 13.1. The maximum absolute atomic E-state index is 13.1. The molecule has 19 heavy (non-hydrogen) atoms. The highest BCUT2D eigenvalue weighted by Crippen LogP contribution is 2.21. The smallest absolute Gasteiger partial charge is 0.324 e. The first-order valence-electron chi connectivity index (χ1n) is 5.70. The lowest BCUT2D eigenvalue weighted by Crippen LogP contribution is -2.31. The average Bonchev–Trinajstić information content (AvgIpc) is 2.33. The van der Waals surface area contributed by atoms with Crippen LogP contribution in [0.2, 0.25) is 0 Å². The summed E-state index contributed by atoms with van der Waals surface area (Å²) in [4.78, 5) is 11.1. The van der Waals surface area contributed by atoms with Crippen LogP contribution >= 0.6 is 0 Å². The number of carbonyl (C=O) groups excluding carboxylic acids is 1. The molecule has 0 aromatic heterocycles. The lowest BCUT2D eigenvalue weighted by Gasteiger charge is -2.14. The predicted molar refractivity (Wildman–Crippen MR) is 64.3 cm³/mol. The Morgan fingerprint density at radius 1 is 1.26 bits per heavy atom. The van der Waals surface area contributed by atoms with Crippen LogP contribution in [0.4, 0.5) is 8.78 Å². The van der Waals surface area contributed by atoms with Gasteiger partial charge in [0.25, 0.3) is 0 Å². The number of hydrogen-bond acceptors (Lipinski definition) is 4. The van der Waals surface area contributed by atoms with E-state index in [1.54, 1.807) is 6.92 Å². The van der Waals surface area contributed by atoms with Crippen LogP contribution in [0.5, 0.6) is 0 Å². The van der Waals surface area contributed by atoms with Gasteiger partial charge in [0.2, 0.25) is 0 Å². The van der Waals surface area contributed by atoms with Crippen molar-refractivity contribution >= 4 is 15.8 Å². The largest absolute Gasteiger partial charge is 0.465 e. The van der Waals surface area contributed by atoms with E-state index in [-0.39, 0.29) is 13.0 Å². The first-order valence-corrected chi connectivity index (χ1v) is 7.24. The van der Waals surface area contributed by atoms with Crippen molar-refractivity contribution in [2.75, 3.05) is 6.61 Å². The molecule has 0 aliphatic heterocycles. The monoisotopic (exact) mass is 292 g/mol. The van der Waals surface area contributed by atoms with Gasteiger partial charge in [-0.3, -0.25) is 4.79 Å². The number of esters is 1. The third-order valence-electron chi connectivity index (χ3n) is 2.51. The summed E-state index contributed by atoms with van der Waals surface area (Å²) in [6.45, 7) is 3.09. The molecule has 4 nitrogen and oxygen atoms in total. The molecule has 0 amide bonds. The van der Waals surface area contributed by atoms with E-state index < -0.39 is 37.6 Å². The van der Waals surface area contributed by atoms with Gasteiger partial charge in [-0.15, -0.1) is 0 Å². The van der Waals surface area contributed by atoms with Gasteiger partial charge in [-0.2, -0.15) is 0 Å². The summed E-state index contributed by atoms with van der Waals surface area (Å²) in [5.74, 6) is -3.32. The molecule has 0 aliphatic rings. The molecule has 1 unspecified atom stereocenters. The molecule has 1 aromatic carbocycles. The van der Waals surface area contributed by atoms with E-state index in [1.807, 2.05) is 0 Å². The molecular formula is C12H14F2O4S. The van der Waals surface area contributed by atoms with Crippen LogP contribution in [0, 0.1) is 11.6 Å². The SMILES string of the molecule is CCOC(=O)C(CC)S(=O)(=O)c1ccc(F)c(F)c1. The zero-order valence-corrected chi connectivity index (χ0v) is 11.3. The van der Waals surface area contributed by atoms with Crippen molar-refractivity contribution in [2.45, 2.75) is 30.4 Å². The third kappa shape index (κ3) is 3.28. The van der Waals surface area contributed by atoms with Gasteiger partial charge in [-0.25, -0.2) is 17.2 Å². The minimum absolute atomic E-state index is 0.0137. The highest BCUT2D eigenvalue weighted by molar-refractivity contribution is 7.92. The summed E-state index contributed by atoms with van der Waals surface area (Å²) in [7, 11) is -4.09. The van der Waals surface area contributed by atoms with Crippen molar-refractivity contribution in [3.8, 4) is 0 Å². The Bertz CT molecular complexity index is 569. The van der Waals surface area contributed by atoms with E-state index in [0.29, 0.717) is 12.1 Å². The third-order valence-corrected chi connectivity index (χ3v) is 4.70. The summed E-state index contributed by atoms with van der Waals surface area (Å²) in [5, 5.41) is -1.42. The molecule has 0 saturated carbocycles. The van der Waals surface area contributed by atoms with Crippen LogP contribution in [-0.4, -0.2) is 26.2 Å². The average molecular weight is 292 g/mol. The lowest BCUT2D eigenvalue weighted by molar-refractivity contribution is -0.142. The molecule has 0 saturated heterocycles. The summed E-state index contributed by atoms with van der Waals surface area (Å²) in [5.41, 5.74) is 0. The first kappa shape index (κ1) is 15.6. The van der Waals surface area contributed by atoms with Gasteiger partial charge in [0.15, 0.2) is 26.7 Å². The predicted octanol–water partition coefficient (Wildman–Crippen LogP) is 2.08. The Hall–Kier alpha value is -1.50. The minimum atomic E-state index is -4.09. The fourth-order valence-corrected chi connectivity index (χ4v) is 3.18. The van der Waals surface area contributed by atoms with Crippen molar-refractivity contribution in [1.82, 2.24) is 0 Å².